The van der Waals surface area contributed by atoms with Gasteiger partial charge in [0.05, 0.1) is 19.9 Å². The van der Waals surface area contributed by atoms with Gasteiger partial charge in [0.2, 0.25) is 0 Å². The Kier molecular flexibility index (Phi) is 5.12. The van der Waals surface area contributed by atoms with Crippen LogP contribution in [0.1, 0.15) is 0 Å². The molecule has 1 N–H and O–H groups in total. The van der Waals surface area contributed by atoms with Gasteiger partial charge in [-0.25, -0.2) is 12.8 Å². The van der Waals surface area contributed by atoms with Crippen LogP contribution >= 0.6 is 22.6 Å². The van der Waals surface area contributed by atoms with Crippen molar-refractivity contribution in [2.45, 2.75) is 4.90 Å². The van der Waals surface area contributed by atoms with Crippen molar-refractivity contribution in [1.29, 1.82) is 0 Å². The lowest BCUT2D eigenvalue weighted by atomic mass is 10.3. The van der Waals surface area contributed by atoms with Crippen LogP contribution in [0.4, 0.5) is 10.1 Å². The fourth-order valence-electron chi connectivity index (χ4n) is 1.77. The zero-order valence-corrected chi connectivity index (χ0v) is 14.7. The van der Waals surface area contributed by atoms with E-state index in [2.05, 4.69) is 4.72 Å². The minimum atomic E-state index is -4.02. The molecule has 0 bridgehead atoms. The second-order valence-corrected chi connectivity index (χ2v) is 7.14. The van der Waals surface area contributed by atoms with Gasteiger partial charge in [-0.05, 0) is 52.9 Å². The fraction of sp³-hybridized carbons (Fsp3) is 0.143. The molecule has 0 saturated carbocycles. The number of nitrogens with one attached hydrogen (secondary N) is 1. The highest BCUT2D eigenvalue weighted by molar-refractivity contribution is 14.1. The average Bonchev–Trinajstić information content (AvgIpc) is 2.49. The Morgan fingerprint density at radius 3 is 2.41 bits per heavy atom. The standard InChI is InChI=1S/C14H13FINO4S/c1-20-10-4-6-13(21-2)14(8-10)22(18,19)17-12-5-3-9(16)7-11(12)15/h3-8,17H,1-2H3. The van der Waals surface area contributed by atoms with Gasteiger partial charge >= 0.3 is 0 Å². The van der Waals surface area contributed by atoms with Crippen LogP contribution in [0.3, 0.4) is 0 Å². The topological polar surface area (TPSA) is 64.6 Å². The van der Waals surface area contributed by atoms with E-state index in [-0.39, 0.29) is 16.3 Å². The zero-order chi connectivity index (χ0) is 16.3. The molecule has 0 heterocycles. The number of halogens is 2. The quantitative estimate of drug-likeness (QED) is 0.730. The fourth-order valence-corrected chi connectivity index (χ4v) is 3.47. The molecule has 2 aromatic rings. The predicted molar refractivity (Wildman–Crippen MR) is 89.5 cm³/mol. The highest BCUT2D eigenvalue weighted by Gasteiger charge is 2.22. The van der Waals surface area contributed by atoms with Crippen molar-refractivity contribution < 1.29 is 22.3 Å². The SMILES string of the molecule is COc1ccc(OC)c(S(=O)(=O)Nc2ccc(I)cc2F)c1. The van der Waals surface area contributed by atoms with Crippen molar-refractivity contribution in [1.82, 2.24) is 0 Å². The summed E-state index contributed by atoms with van der Waals surface area (Å²) in [7, 11) is -1.25. The highest BCUT2D eigenvalue weighted by Crippen LogP contribution is 2.30. The Hall–Kier alpha value is -1.55. The second kappa shape index (κ2) is 6.69. The molecular weight excluding hydrogens is 424 g/mol. The predicted octanol–water partition coefficient (Wildman–Crippen LogP) is 3.25. The molecule has 8 heteroatoms. The summed E-state index contributed by atoms with van der Waals surface area (Å²) in [5.74, 6) is -0.166. The molecule has 0 radical (unpaired) electrons. The molecule has 2 rings (SSSR count). The molecule has 118 valence electrons. The molecule has 5 nitrogen and oxygen atoms in total. The van der Waals surface area contributed by atoms with Crippen molar-refractivity contribution in [3.8, 4) is 11.5 Å². The maximum absolute atomic E-state index is 13.8. The van der Waals surface area contributed by atoms with Gasteiger partial charge in [0.25, 0.3) is 10.0 Å². The number of sulfonamides is 1. The Bertz CT molecular complexity index is 795. The molecule has 0 aromatic heterocycles. The summed E-state index contributed by atoms with van der Waals surface area (Å²) in [4.78, 5) is -0.132. The van der Waals surface area contributed by atoms with Crippen LogP contribution in [0.15, 0.2) is 41.3 Å². The van der Waals surface area contributed by atoms with Crippen LogP contribution in [-0.2, 0) is 10.0 Å². The van der Waals surface area contributed by atoms with Gasteiger partial charge in [-0.3, -0.25) is 4.72 Å². The second-order valence-electron chi connectivity index (χ2n) is 4.25. The van der Waals surface area contributed by atoms with Crippen molar-refractivity contribution in [3.05, 3.63) is 45.8 Å². The van der Waals surface area contributed by atoms with Crippen LogP contribution in [0, 0.1) is 9.39 Å². The smallest absolute Gasteiger partial charge is 0.265 e. The molecule has 0 aliphatic heterocycles. The summed E-state index contributed by atoms with van der Waals surface area (Å²) in [6.45, 7) is 0. The van der Waals surface area contributed by atoms with E-state index in [1.807, 2.05) is 22.6 Å². The number of benzene rings is 2. The third kappa shape index (κ3) is 3.61. The molecule has 2 aromatic carbocycles. The van der Waals surface area contributed by atoms with Gasteiger partial charge in [0.15, 0.2) is 0 Å². The van der Waals surface area contributed by atoms with Crippen LogP contribution in [0.25, 0.3) is 0 Å². The number of hydrogen-bond donors (Lipinski definition) is 1. The first-order chi connectivity index (χ1) is 10.4. The lowest BCUT2D eigenvalue weighted by Gasteiger charge is -2.13. The molecule has 0 saturated heterocycles. The largest absolute Gasteiger partial charge is 0.497 e. The van der Waals surface area contributed by atoms with E-state index >= 15 is 0 Å². The molecule has 0 spiro atoms. The molecule has 0 aliphatic rings. The van der Waals surface area contributed by atoms with Crippen LogP contribution in [0.5, 0.6) is 11.5 Å². The summed E-state index contributed by atoms with van der Waals surface area (Å²) < 4.78 is 51.7. The number of methoxy groups -OCH3 is 2. The number of rotatable bonds is 5. The van der Waals surface area contributed by atoms with Crippen molar-refractivity contribution >= 4 is 38.3 Å². The lowest BCUT2D eigenvalue weighted by Crippen LogP contribution is -2.15. The van der Waals surface area contributed by atoms with Gasteiger partial charge in [0.1, 0.15) is 22.2 Å². The van der Waals surface area contributed by atoms with Gasteiger partial charge in [-0.2, -0.15) is 0 Å². The molecule has 0 amide bonds. The molecular formula is C14H13FINO4S. The summed E-state index contributed by atoms with van der Waals surface area (Å²) in [6.07, 6.45) is 0. The molecule has 22 heavy (non-hydrogen) atoms. The Morgan fingerprint density at radius 1 is 1.09 bits per heavy atom. The highest BCUT2D eigenvalue weighted by atomic mass is 127. The maximum Gasteiger partial charge on any atom is 0.265 e. The first-order valence-corrected chi connectivity index (χ1v) is 8.63. The average molecular weight is 437 g/mol. The summed E-state index contributed by atoms with van der Waals surface area (Å²) in [5, 5.41) is 0. The number of anilines is 1. The van der Waals surface area contributed by atoms with E-state index in [0.29, 0.717) is 9.32 Å². The van der Waals surface area contributed by atoms with Gasteiger partial charge < -0.3 is 9.47 Å². The summed E-state index contributed by atoms with van der Waals surface area (Å²) in [5.41, 5.74) is -0.134. The lowest BCUT2D eigenvalue weighted by molar-refractivity contribution is 0.392. The maximum atomic E-state index is 13.8. The Balaban J connectivity index is 2.46. The summed E-state index contributed by atoms with van der Waals surface area (Å²) in [6, 6.07) is 8.56. The molecule has 0 unspecified atom stereocenters. The molecule has 0 fully saturated rings. The first kappa shape index (κ1) is 16.8. The minimum absolute atomic E-state index is 0.132. The Morgan fingerprint density at radius 2 is 1.82 bits per heavy atom. The van der Waals surface area contributed by atoms with E-state index in [0.717, 1.165) is 0 Å². The van der Waals surface area contributed by atoms with Gasteiger partial charge in [-0.1, -0.05) is 0 Å². The van der Waals surface area contributed by atoms with E-state index < -0.39 is 15.8 Å². The number of ether oxygens (including phenoxy) is 2. The van der Waals surface area contributed by atoms with Gasteiger partial charge in [0, 0.05) is 9.64 Å². The minimum Gasteiger partial charge on any atom is -0.497 e. The van der Waals surface area contributed by atoms with E-state index in [1.54, 1.807) is 12.1 Å². The van der Waals surface area contributed by atoms with Crippen LogP contribution in [0.2, 0.25) is 0 Å². The van der Waals surface area contributed by atoms with Crippen molar-refractivity contribution in [3.63, 3.8) is 0 Å². The first-order valence-electron chi connectivity index (χ1n) is 6.07. The third-order valence-corrected chi connectivity index (χ3v) is 4.89. The van der Waals surface area contributed by atoms with E-state index in [1.165, 1.54) is 38.5 Å². The summed E-state index contributed by atoms with van der Waals surface area (Å²) >= 11 is 1.94. The van der Waals surface area contributed by atoms with Crippen molar-refractivity contribution in [2.75, 3.05) is 18.9 Å². The zero-order valence-electron chi connectivity index (χ0n) is 11.8. The third-order valence-electron chi connectivity index (χ3n) is 2.84. The monoisotopic (exact) mass is 437 g/mol. The van der Waals surface area contributed by atoms with Crippen LogP contribution in [-0.4, -0.2) is 22.6 Å². The Labute approximate surface area is 141 Å². The molecule has 0 aliphatic carbocycles. The van der Waals surface area contributed by atoms with E-state index in [4.69, 9.17) is 9.47 Å². The van der Waals surface area contributed by atoms with Crippen molar-refractivity contribution in [2.24, 2.45) is 0 Å². The van der Waals surface area contributed by atoms with Gasteiger partial charge in [-0.15, -0.1) is 0 Å². The van der Waals surface area contributed by atoms with Crippen LogP contribution < -0.4 is 14.2 Å². The van der Waals surface area contributed by atoms with E-state index in [9.17, 15) is 12.8 Å². The number of hydrogen-bond acceptors (Lipinski definition) is 4. The molecule has 0 atom stereocenters. The normalized spacial score (nSPS) is 11.1.